The summed E-state index contributed by atoms with van der Waals surface area (Å²) in [4.78, 5) is 3.92. The lowest BCUT2D eigenvalue weighted by Crippen LogP contribution is -2.30. The van der Waals surface area contributed by atoms with Gasteiger partial charge in [-0.3, -0.25) is 0 Å². The van der Waals surface area contributed by atoms with Crippen molar-refractivity contribution >= 4 is 43.5 Å². The fraction of sp³-hybridized carbons (Fsp3) is 0.444. The molecule has 0 aromatic carbocycles. The van der Waals surface area contributed by atoms with Crippen molar-refractivity contribution in [1.29, 1.82) is 0 Å². The van der Waals surface area contributed by atoms with E-state index in [1.807, 2.05) is 13.2 Å². The van der Waals surface area contributed by atoms with Gasteiger partial charge in [0, 0.05) is 22.5 Å². The number of nitrogen functional groups attached to an aromatic ring is 1. The largest absolute Gasteiger partial charge is 0.307 e. The fourth-order valence-corrected chi connectivity index (χ4v) is 3.23. The zero-order chi connectivity index (χ0) is 13.8. The van der Waals surface area contributed by atoms with Crippen LogP contribution in [-0.2, 0) is 10.0 Å². The average molecular weight is 355 g/mol. The number of hydrogen-bond acceptors (Lipinski definition) is 6. The van der Waals surface area contributed by atoms with Crippen molar-refractivity contribution in [2.75, 3.05) is 18.2 Å². The molecule has 0 aliphatic rings. The molecule has 1 atom stereocenters. The number of nitrogens with two attached hydrogens (primary N) is 1. The maximum absolute atomic E-state index is 12.1. The van der Waals surface area contributed by atoms with Crippen LogP contribution in [0.3, 0.4) is 0 Å². The first-order valence-electron chi connectivity index (χ1n) is 5.05. The number of hydrazine groups is 1. The number of nitrogens with one attached hydrogen (secondary N) is 2. The lowest BCUT2D eigenvalue weighted by atomic mass is 10.5. The summed E-state index contributed by atoms with van der Waals surface area (Å²) in [5, 5.41) is 0.189. The molecule has 1 aromatic heterocycles. The van der Waals surface area contributed by atoms with E-state index in [0.29, 0.717) is 11.0 Å². The molecule has 1 unspecified atom stereocenters. The minimum absolute atomic E-state index is 0.0210. The van der Waals surface area contributed by atoms with Gasteiger partial charge in [-0.25, -0.2) is 24.0 Å². The van der Waals surface area contributed by atoms with Crippen molar-refractivity contribution in [3.63, 3.8) is 0 Å². The molecule has 1 heterocycles. The Balaban J connectivity index is 3.00. The van der Waals surface area contributed by atoms with Gasteiger partial charge in [-0.05, 0) is 28.3 Å². The highest BCUT2D eigenvalue weighted by atomic mass is 79.9. The third-order valence-corrected chi connectivity index (χ3v) is 5.05. The molecule has 0 radical (unpaired) electrons. The van der Waals surface area contributed by atoms with Crippen molar-refractivity contribution in [1.82, 2.24) is 9.71 Å². The zero-order valence-electron chi connectivity index (χ0n) is 9.97. The lowest BCUT2D eigenvalue weighted by molar-refractivity contribution is 0.581. The van der Waals surface area contributed by atoms with Gasteiger partial charge in [0.2, 0.25) is 10.0 Å². The standard InChI is InChI=1S/C9H15BrN4O2S2/c1-6(17-2)4-13-18(15,16)8-3-7(10)5-12-9(8)14-11/h3,5-6,13H,4,11H2,1-2H3,(H,12,14). The van der Waals surface area contributed by atoms with E-state index in [2.05, 4.69) is 31.1 Å². The van der Waals surface area contributed by atoms with E-state index in [1.54, 1.807) is 11.8 Å². The van der Waals surface area contributed by atoms with Gasteiger partial charge in [-0.15, -0.1) is 0 Å². The number of sulfonamides is 1. The smallest absolute Gasteiger partial charge is 0.244 e. The number of nitrogens with zero attached hydrogens (tertiary/aromatic N) is 1. The van der Waals surface area contributed by atoms with Gasteiger partial charge in [0.05, 0.1) is 0 Å². The second-order valence-electron chi connectivity index (χ2n) is 3.54. The van der Waals surface area contributed by atoms with Gasteiger partial charge in [-0.2, -0.15) is 11.8 Å². The predicted molar refractivity (Wildman–Crippen MR) is 77.9 cm³/mol. The monoisotopic (exact) mass is 354 g/mol. The Morgan fingerprint density at radius 1 is 1.61 bits per heavy atom. The van der Waals surface area contributed by atoms with Crippen molar-refractivity contribution < 1.29 is 8.42 Å². The van der Waals surface area contributed by atoms with Crippen LogP contribution < -0.4 is 16.0 Å². The summed E-state index contributed by atoms with van der Waals surface area (Å²) < 4.78 is 27.3. The molecule has 0 saturated heterocycles. The molecule has 0 aliphatic carbocycles. The summed E-state index contributed by atoms with van der Waals surface area (Å²) in [6.07, 6.45) is 3.39. The second kappa shape index (κ2) is 6.71. The highest BCUT2D eigenvalue weighted by Gasteiger charge is 2.20. The maximum atomic E-state index is 12.1. The number of aromatic nitrogens is 1. The van der Waals surface area contributed by atoms with Crippen molar-refractivity contribution in [3.05, 3.63) is 16.7 Å². The minimum atomic E-state index is -3.63. The van der Waals surface area contributed by atoms with Crippen LogP contribution in [0.15, 0.2) is 21.6 Å². The Hall–Kier alpha value is -0.350. The van der Waals surface area contributed by atoms with Crippen LogP contribution in [0, 0.1) is 0 Å². The molecule has 0 spiro atoms. The first kappa shape index (κ1) is 15.7. The van der Waals surface area contributed by atoms with Crippen molar-refractivity contribution in [2.45, 2.75) is 17.1 Å². The Morgan fingerprint density at radius 3 is 2.83 bits per heavy atom. The third kappa shape index (κ3) is 4.09. The Kier molecular flexibility index (Phi) is 5.86. The zero-order valence-corrected chi connectivity index (χ0v) is 13.2. The van der Waals surface area contributed by atoms with Gasteiger partial charge in [0.1, 0.15) is 4.90 Å². The maximum Gasteiger partial charge on any atom is 0.244 e. The topological polar surface area (TPSA) is 97.1 Å². The molecule has 0 fully saturated rings. The van der Waals surface area contributed by atoms with E-state index in [-0.39, 0.29) is 16.0 Å². The molecule has 0 bridgehead atoms. The third-order valence-electron chi connectivity index (χ3n) is 2.21. The van der Waals surface area contributed by atoms with Gasteiger partial charge in [-0.1, -0.05) is 6.92 Å². The second-order valence-corrected chi connectivity index (χ2v) is 7.47. The first-order chi connectivity index (χ1) is 8.40. The molecule has 0 amide bonds. The lowest BCUT2D eigenvalue weighted by Gasteiger charge is -2.13. The van der Waals surface area contributed by atoms with E-state index in [0.717, 1.165) is 0 Å². The molecule has 102 valence electrons. The quantitative estimate of drug-likeness (QED) is 0.523. The molecule has 18 heavy (non-hydrogen) atoms. The van der Waals surface area contributed by atoms with Crippen LogP contribution >= 0.6 is 27.7 Å². The normalized spacial score (nSPS) is 13.3. The minimum Gasteiger partial charge on any atom is -0.307 e. The number of halogens is 1. The molecular formula is C9H15BrN4O2S2. The first-order valence-corrected chi connectivity index (χ1v) is 8.61. The molecule has 9 heteroatoms. The van der Waals surface area contributed by atoms with Crippen LogP contribution in [-0.4, -0.2) is 31.5 Å². The van der Waals surface area contributed by atoms with E-state index in [1.165, 1.54) is 12.3 Å². The molecule has 0 saturated carbocycles. The Bertz CT molecular complexity index is 509. The molecule has 6 nitrogen and oxygen atoms in total. The highest BCUT2D eigenvalue weighted by Crippen LogP contribution is 2.22. The van der Waals surface area contributed by atoms with Crippen LogP contribution in [0.4, 0.5) is 5.82 Å². The predicted octanol–water partition coefficient (Wildman–Crippen LogP) is 1.16. The highest BCUT2D eigenvalue weighted by molar-refractivity contribution is 9.10. The molecule has 1 rings (SSSR count). The van der Waals surface area contributed by atoms with Gasteiger partial charge in [0.25, 0.3) is 0 Å². The molecule has 4 N–H and O–H groups in total. The summed E-state index contributed by atoms with van der Waals surface area (Å²) in [5.41, 5.74) is 2.27. The van der Waals surface area contributed by atoms with Crippen LogP contribution in [0.1, 0.15) is 6.92 Å². The number of rotatable bonds is 6. The van der Waals surface area contributed by atoms with E-state index >= 15 is 0 Å². The van der Waals surface area contributed by atoms with E-state index < -0.39 is 10.0 Å². The Labute approximate surface area is 119 Å². The van der Waals surface area contributed by atoms with Crippen LogP contribution in [0.25, 0.3) is 0 Å². The average Bonchev–Trinajstić information content (AvgIpc) is 2.36. The van der Waals surface area contributed by atoms with Crippen molar-refractivity contribution in [3.8, 4) is 0 Å². The summed E-state index contributed by atoms with van der Waals surface area (Å²) in [5.74, 6) is 5.37. The Morgan fingerprint density at radius 2 is 2.28 bits per heavy atom. The number of thioether (sulfide) groups is 1. The SMILES string of the molecule is CSC(C)CNS(=O)(=O)c1cc(Br)cnc1NN. The molecular weight excluding hydrogens is 340 g/mol. The van der Waals surface area contributed by atoms with Gasteiger partial charge < -0.3 is 5.43 Å². The summed E-state index contributed by atoms with van der Waals surface area (Å²) in [6.45, 7) is 2.29. The van der Waals surface area contributed by atoms with Crippen molar-refractivity contribution in [2.24, 2.45) is 5.84 Å². The summed E-state index contributed by atoms with van der Waals surface area (Å²) in [6, 6.07) is 1.45. The molecule has 0 aliphatic heterocycles. The summed E-state index contributed by atoms with van der Waals surface area (Å²) >= 11 is 4.77. The number of anilines is 1. The number of pyridine rings is 1. The van der Waals surface area contributed by atoms with E-state index in [4.69, 9.17) is 5.84 Å². The number of hydrogen-bond donors (Lipinski definition) is 3. The van der Waals surface area contributed by atoms with Crippen LogP contribution in [0.5, 0.6) is 0 Å². The van der Waals surface area contributed by atoms with Gasteiger partial charge in [0.15, 0.2) is 5.82 Å². The fourth-order valence-electron chi connectivity index (χ4n) is 1.12. The van der Waals surface area contributed by atoms with Gasteiger partial charge >= 0.3 is 0 Å². The summed E-state index contributed by atoms with van der Waals surface area (Å²) in [7, 11) is -3.63. The van der Waals surface area contributed by atoms with E-state index in [9.17, 15) is 8.42 Å². The molecule has 1 aromatic rings. The van der Waals surface area contributed by atoms with Crippen LogP contribution in [0.2, 0.25) is 0 Å².